The Labute approximate surface area is 109 Å². The summed E-state index contributed by atoms with van der Waals surface area (Å²) in [5, 5.41) is 2.96. The summed E-state index contributed by atoms with van der Waals surface area (Å²) in [6.45, 7) is 4.15. The Balaban J connectivity index is 2.99. The van der Waals surface area contributed by atoms with Crippen LogP contribution in [0.3, 0.4) is 0 Å². The normalized spacial score (nSPS) is 13.6. The van der Waals surface area contributed by atoms with E-state index in [9.17, 15) is 8.42 Å². The molecule has 0 aliphatic rings. The second-order valence-corrected chi connectivity index (χ2v) is 6.49. The molecule has 0 saturated heterocycles. The second kappa shape index (κ2) is 6.31. The smallest absolute Gasteiger partial charge is 0.180 e. The van der Waals surface area contributed by atoms with Crippen LogP contribution in [0.25, 0.3) is 0 Å². The van der Waals surface area contributed by atoms with Crippen LogP contribution < -0.4 is 5.32 Å². The highest BCUT2D eigenvalue weighted by Gasteiger charge is 2.21. The minimum atomic E-state index is -3.28. The van der Waals surface area contributed by atoms with Crippen LogP contribution in [-0.2, 0) is 14.6 Å². The third-order valence-electron chi connectivity index (χ3n) is 2.86. The molecule has 4 nitrogen and oxygen atoms in total. The zero-order valence-corrected chi connectivity index (χ0v) is 12.2. The van der Waals surface area contributed by atoms with Crippen molar-refractivity contribution in [3.8, 4) is 0 Å². The van der Waals surface area contributed by atoms with Gasteiger partial charge in [0.1, 0.15) is 0 Å². The zero-order chi connectivity index (χ0) is 13.8. The van der Waals surface area contributed by atoms with Crippen LogP contribution >= 0.6 is 0 Å². The molecule has 1 N–H and O–H groups in total. The molecule has 18 heavy (non-hydrogen) atoms. The predicted molar refractivity (Wildman–Crippen MR) is 72.7 cm³/mol. The summed E-state index contributed by atoms with van der Waals surface area (Å²) in [5.74, 6) is 0.0429. The zero-order valence-electron chi connectivity index (χ0n) is 11.4. The van der Waals surface area contributed by atoms with Crippen LogP contribution in [0.4, 0.5) is 0 Å². The van der Waals surface area contributed by atoms with E-state index in [0.717, 1.165) is 11.1 Å². The molecule has 0 radical (unpaired) electrons. The molecule has 0 aromatic heterocycles. The lowest BCUT2D eigenvalue weighted by Crippen LogP contribution is -2.37. The SMILES string of the molecule is CNC(COC)CS(=O)(=O)c1ccc(C)cc1C. The van der Waals surface area contributed by atoms with Gasteiger partial charge in [-0.05, 0) is 32.5 Å². The summed E-state index contributed by atoms with van der Waals surface area (Å²) in [4.78, 5) is 0.407. The number of nitrogens with one attached hydrogen (secondary N) is 1. The number of methoxy groups -OCH3 is 1. The van der Waals surface area contributed by atoms with E-state index in [1.807, 2.05) is 26.0 Å². The van der Waals surface area contributed by atoms with E-state index in [1.54, 1.807) is 20.2 Å². The van der Waals surface area contributed by atoms with E-state index >= 15 is 0 Å². The molecule has 1 aromatic carbocycles. The Morgan fingerprint density at radius 3 is 2.50 bits per heavy atom. The van der Waals surface area contributed by atoms with Crippen molar-refractivity contribution in [3.05, 3.63) is 29.3 Å². The number of ether oxygens (including phenoxy) is 1. The lowest BCUT2D eigenvalue weighted by atomic mass is 10.2. The van der Waals surface area contributed by atoms with Crippen molar-refractivity contribution in [1.29, 1.82) is 0 Å². The van der Waals surface area contributed by atoms with Crippen LogP contribution in [0.5, 0.6) is 0 Å². The molecule has 1 atom stereocenters. The molecule has 0 spiro atoms. The summed E-state index contributed by atoms with van der Waals surface area (Å²) < 4.78 is 29.6. The second-order valence-electron chi connectivity index (χ2n) is 4.49. The number of aryl methyl sites for hydroxylation is 2. The van der Waals surface area contributed by atoms with Gasteiger partial charge >= 0.3 is 0 Å². The van der Waals surface area contributed by atoms with Gasteiger partial charge in [0, 0.05) is 13.2 Å². The van der Waals surface area contributed by atoms with Crippen molar-refractivity contribution in [3.63, 3.8) is 0 Å². The van der Waals surface area contributed by atoms with Gasteiger partial charge in [0.15, 0.2) is 9.84 Å². The third kappa shape index (κ3) is 3.80. The van der Waals surface area contributed by atoms with E-state index < -0.39 is 9.84 Å². The minimum absolute atomic E-state index is 0.0429. The Morgan fingerprint density at radius 2 is 2.00 bits per heavy atom. The fraction of sp³-hybridized carbons (Fsp3) is 0.538. The van der Waals surface area contributed by atoms with Crippen molar-refractivity contribution in [2.75, 3.05) is 26.5 Å². The molecule has 0 bridgehead atoms. The summed E-state index contributed by atoms with van der Waals surface area (Å²) in [5.41, 5.74) is 1.86. The van der Waals surface area contributed by atoms with Gasteiger partial charge in [-0.1, -0.05) is 17.7 Å². The molecule has 0 fully saturated rings. The van der Waals surface area contributed by atoms with Gasteiger partial charge in [0.05, 0.1) is 17.3 Å². The molecule has 0 heterocycles. The Kier molecular flexibility index (Phi) is 5.31. The van der Waals surface area contributed by atoms with Crippen molar-refractivity contribution in [2.24, 2.45) is 0 Å². The van der Waals surface area contributed by atoms with Gasteiger partial charge in [0.2, 0.25) is 0 Å². The standard InChI is InChI=1S/C13H21NO3S/c1-10-5-6-13(11(2)7-10)18(15,16)9-12(14-3)8-17-4/h5-7,12,14H,8-9H2,1-4H3. The van der Waals surface area contributed by atoms with Crippen LogP contribution in [-0.4, -0.2) is 41.0 Å². The number of benzene rings is 1. The van der Waals surface area contributed by atoms with Gasteiger partial charge in [0.25, 0.3) is 0 Å². The summed E-state index contributed by atoms with van der Waals surface area (Å²) >= 11 is 0. The molecule has 102 valence electrons. The number of hydrogen-bond donors (Lipinski definition) is 1. The molecular formula is C13H21NO3S. The maximum Gasteiger partial charge on any atom is 0.180 e. The fourth-order valence-corrected chi connectivity index (χ4v) is 3.72. The van der Waals surface area contributed by atoms with E-state index in [0.29, 0.717) is 11.5 Å². The van der Waals surface area contributed by atoms with Gasteiger partial charge in [-0.15, -0.1) is 0 Å². The van der Waals surface area contributed by atoms with Crippen molar-refractivity contribution in [1.82, 2.24) is 5.32 Å². The number of sulfone groups is 1. The average Bonchev–Trinajstić information content (AvgIpc) is 2.27. The molecule has 1 rings (SSSR count). The largest absolute Gasteiger partial charge is 0.383 e. The first-order valence-corrected chi connectivity index (χ1v) is 7.52. The summed E-state index contributed by atoms with van der Waals surface area (Å²) in [6.07, 6.45) is 0. The number of rotatable bonds is 6. The van der Waals surface area contributed by atoms with E-state index in [-0.39, 0.29) is 11.8 Å². The predicted octanol–water partition coefficient (Wildman–Crippen LogP) is 1.31. The molecule has 0 amide bonds. The molecular weight excluding hydrogens is 250 g/mol. The maximum absolute atomic E-state index is 12.3. The van der Waals surface area contributed by atoms with Crippen LogP contribution in [0, 0.1) is 13.8 Å². The first-order chi connectivity index (χ1) is 8.40. The quantitative estimate of drug-likeness (QED) is 0.847. The topological polar surface area (TPSA) is 55.4 Å². The third-order valence-corrected chi connectivity index (χ3v) is 4.83. The lowest BCUT2D eigenvalue weighted by molar-refractivity contribution is 0.176. The molecule has 5 heteroatoms. The summed E-state index contributed by atoms with van der Waals surface area (Å²) in [7, 11) is 0.0172. The van der Waals surface area contributed by atoms with Gasteiger partial charge in [-0.2, -0.15) is 0 Å². The van der Waals surface area contributed by atoms with E-state index in [4.69, 9.17) is 4.74 Å². The maximum atomic E-state index is 12.3. The highest BCUT2D eigenvalue weighted by Crippen LogP contribution is 2.18. The first kappa shape index (κ1) is 15.1. The van der Waals surface area contributed by atoms with Crippen molar-refractivity contribution >= 4 is 9.84 Å². The van der Waals surface area contributed by atoms with Crippen LogP contribution in [0.2, 0.25) is 0 Å². The average molecular weight is 271 g/mol. The number of hydrogen-bond acceptors (Lipinski definition) is 4. The highest BCUT2D eigenvalue weighted by atomic mass is 32.2. The monoisotopic (exact) mass is 271 g/mol. The van der Waals surface area contributed by atoms with Crippen molar-refractivity contribution in [2.45, 2.75) is 24.8 Å². The summed E-state index contributed by atoms with van der Waals surface area (Å²) in [6, 6.07) is 5.20. The molecule has 1 unspecified atom stereocenters. The fourth-order valence-electron chi connectivity index (χ4n) is 1.92. The Bertz CT molecular complexity index is 497. The van der Waals surface area contributed by atoms with Gasteiger partial charge in [-0.3, -0.25) is 0 Å². The number of likely N-dealkylation sites (N-methyl/N-ethyl adjacent to an activating group) is 1. The minimum Gasteiger partial charge on any atom is -0.383 e. The van der Waals surface area contributed by atoms with Crippen molar-refractivity contribution < 1.29 is 13.2 Å². The highest BCUT2D eigenvalue weighted by molar-refractivity contribution is 7.91. The van der Waals surface area contributed by atoms with E-state index in [2.05, 4.69) is 5.32 Å². The molecule has 0 aliphatic carbocycles. The molecule has 0 saturated carbocycles. The molecule has 0 aliphatic heterocycles. The molecule has 1 aromatic rings. The lowest BCUT2D eigenvalue weighted by Gasteiger charge is -2.16. The van der Waals surface area contributed by atoms with E-state index in [1.165, 1.54) is 0 Å². The first-order valence-electron chi connectivity index (χ1n) is 5.87. The van der Waals surface area contributed by atoms with Crippen LogP contribution in [0.1, 0.15) is 11.1 Å². The Morgan fingerprint density at radius 1 is 1.33 bits per heavy atom. The van der Waals surface area contributed by atoms with Gasteiger partial charge in [-0.25, -0.2) is 8.42 Å². The Hall–Kier alpha value is -0.910. The van der Waals surface area contributed by atoms with Crippen LogP contribution in [0.15, 0.2) is 23.1 Å². The van der Waals surface area contributed by atoms with Gasteiger partial charge < -0.3 is 10.1 Å².